The van der Waals surface area contributed by atoms with Crippen LogP contribution in [0.5, 0.6) is 0 Å². The number of rotatable bonds is 5. The number of allylic oxidation sites excluding steroid dienone is 1. The molecule has 0 heterocycles. The second-order valence-electron chi connectivity index (χ2n) is 4.42. The number of alkyl halides is 3. The van der Waals surface area contributed by atoms with E-state index < -0.39 is 31.1 Å². The fraction of sp³-hybridized carbons (Fsp3) is 0.286. The van der Waals surface area contributed by atoms with E-state index in [9.17, 15) is 22.8 Å². The largest absolute Gasteiger partial charge is 0.405 e. The van der Waals surface area contributed by atoms with Gasteiger partial charge in [0.15, 0.2) is 0 Å². The summed E-state index contributed by atoms with van der Waals surface area (Å²) in [6, 6.07) is 6.87. The predicted octanol–water partition coefficient (Wildman–Crippen LogP) is 2.54. The average molecular weight is 335 g/mol. The molecule has 1 rings (SSSR count). The zero-order valence-electron chi connectivity index (χ0n) is 11.6. The third-order valence-electron chi connectivity index (χ3n) is 2.56. The van der Waals surface area contributed by atoms with Crippen molar-refractivity contribution in [3.63, 3.8) is 0 Å². The minimum Gasteiger partial charge on any atom is -0.345 e. The van der Waals surface area contributed by atoms with Crippen LogP contribution in [-0.2, 0) is 9.59 Å². The minimum absolute atomic E-state index is 0.465. The Balaban J connectivity index is 2.51. The van der Waals surface area contributed by atoms with Crippen molar-refractivity contribution in [2.45, 2.75) is 13.1 Å². The number of carbonyl (C=O) groups excluding carboxylic acids is 2. The van der Waals surface area contributed by atoms with Crippen molar-refractivity contribution < 1.29 is 22.8 Å². The second-order valence-corrected chi connectivity index (χ2v) is 4.82. The molecule has 0 fully saturated rings. The lowest BCUT2D eigenvalue weighted by Gasteiger charge is -2.08. The Hall–Kier alpha value is -2.02. The van der Waals surface area contributed by atoms with Crippen molar-refractivity contribution in [3.8, 4) is 0 Å². The van der Waals surface area contributed by atoms with Crippen LogP contribution >= 0.6 is 11.6 Å². The van der Waals surface area contributed by atoms with Gasteiger partial charge in [-0.05, 0) is 24.1 Å². The van der Waals surface area contributed by atoms with Crippen LogP contribution in [0.2, 0.25) is 5.02 Å². The highest BCUT2D eigenvalue weighted by atomic mass is 35.5. The topological polar surface area (TPSA) is 58.2 Å². The molecule has 0 aromatic heterocycles. The van der Waals surface area contributed by atoms with E-state index in [0.717, 1.165) is 0 Å². The molecule has 0 atom stereocenters. The summed E-state index contributed by atoms with van der Waals surface area (Å²) in [6.07, 6.45) is -3.27. The lowest BCUT2D eigenvalue weighted by atomic mass is 10.1. The maximum Gasteiger partial charge on any atom is 0.405 e. The molecule has 0 spiro atoms. The summed E-state index contributed by atoms with van der Waals surface area (Å²) in [5, 5.41) is 4.32. The van der Waals surface area contributed by atoms with Crippen LogP contribution in [0.15, 0.2) is 30.3 Å². The van der Waals surface area contributed by atoms with Crippen LogP contribution in [0.25, 0.3) is 5.57 Å². The number of nitrogens with one attached hydrogen (secondary N) is 2. The Morgan fingerprint density at radius 2 is 1.86 bits per heavy atom. The van der Waals surface area contributed by atoms with Crippen molar-refractivity contribution in [2.75, 3.05) is 13.1 Å². The molecular formula is C14H14ClF3N2O2. The molecule has 0 bridgehead atoms. The Kier molecular flexibility index (Phi) is 6.42. The van der Waals surface area contributed by atoms with Gasteiger partial charge in [-0.15, -0.1) is 0 Å². The molecule has 4 nitrogen and oxygen atoms in total. The van der Waals surface area contributed by atoms with Gasteiger partial charge in [0.05, 0.1) is 6.54 Å². The maximum atomic E-state index is 11.9. The van der Waals surface area contributed by atoms with E-state index in [2.05, 4.69) is 5.32 Å². The van der Waals surface area contributed by atoms with Crippen LogP contribution in [0, 0.1) is 0 Å². The summed E-state index contributed by atoms with van der Waals surface area (Å²) in [4.78, 5) is 22.7. The van der Waals surface area contributed by atoms with Gasteiger partial charge in [0, 0.05) is 11.1 Å². The van der Waals surface area contributed by atoms with E-state index in [-0.39, 0.29) is 0 Å². The SMILES string of the molecule is C/C(=C\C(=O)NCC(=O)NCC(F)(F)F)c1ccccc1Cl. The molecule has 22 heavy (non-hydrogen) atoms. The molecule has 0 radical (unpaired) electrons. The van der Waals surface area contributed by atoms with Crippen molar-refractivity contribution in [2.24, 2.45) is 0 Å². The van der Waals surface area contributed by atoms with Gasteiger partial charge in [0.2, 0.25) is 11.8 Å². The third-order valence-corrected chi connectivity index (χ3v) is 2.89. The van der Waals surface area contributed by atoms with E-state index >= 15 is 0 Å². The number of amides is 2. The molecular weight excluding hydrogens is 321 g/mol. The average Bonchev–Trinajstić information content (AvgIpc) is 2.42. The van der Waals surface area contributed by atoms with Gasteiger partial charge >= 0.3 is 6.18 Å². The normalized spacial score (nSPS) is 12.0. The maximum absolute atomic E-state index is 11.9. The standard InChI is InChI=1S/C14H14ClF3N2O2/c1-9(10-4-2-3-5-11(10)15)6-12(21)19-7-13(22)20-8-14(16,17)18/h2-6H,7-8H2,1H3,(H,19,21)(H,20,22)/b9-6+. The number of carbonyl (C=O) groups is 2. The lowest BCUT2D eigenvalue weighted by molar-refractivity contribution is -0.138. The van der Waals surface area contributed by atoms with Gasteiger partial charge in [-0.3, -0.25) is 9.59 Å². The van der Waals surface area contributed by atoms with Crippen molar-refractivity contribution in [3.05, 3.63) is 40.9 Å². The van der Waals surface area contributed by atoms with Gasteiger partial charge < -0.3 is 10.6 Å². The molecule has 1 aromatic carbocycles. The Morgan fingerprint density at radius 1 is 1.23 bits per heavy atom. The molecule has 120 valence electrons. The summed E-state index contributed by atoms with van der Waals surface area (Å²) in [6.45, 7) is -0.318. The number of hydrogen-bond donors (Lipinski definition) is 2. The van der Waals surface area contributed by atoms with Crippen LogP contribution < -0.4 is 10.6 Å². The monoisotopic (exact) mass is 334 g/mol. The summed E-state index contributed by atoms with van der Waals surface area (Å²) in [5.41, 5.74) is 1.22. The molecule has 1 aromatic rings. The number of halogens is 4. The fourth-order valence-corrected chi connectivity index (χ4v) is 1.82. The van der Waals surface area contributed by atoms with Crippen molar-refractivity contribution in [1.29, 1.82) is 0 Å². The first-order valence-corrected chi connectivity index (χ1v) is 6.61. The third kappa shape index (κ3) is 6.62. The lowest BCUT2D eigenvalue weighted by Crippen LogP contribution is -2.40. The summed E-state index contributed by atoms with van der Waals surface area (Å²) in [5.74, 6) is -1.52. The first-order chi connectivity index (χ1) is 10.2. The summed E-state index contributed by atoms with van der Waals surface area (Å²) >= 11 is 5.97. The molecule has 0 saturated carbocycles. The van der Waals surface area contributed by atoms with Crippen LogP contribution in [-0.4, -0.2) is 31.1 Å². The van der Waals surface area contributed by atoms with Crippen molar-refractivity contribution in [1.82, 2.24) is 10.6 Å². The molecule has 0 aliphatic rings. The molecule has 0 aliphatic carbocycles. The van der Waals surface area contributed by atoms with Crippen LogP contribution in [0.3, 0.4) is 0 Å². The smallest absolute Gasteiger partial charge is 0.345 e. The second kappa shape index (κ2) is 7.84. The van der Waals surface area contributed by atoms with Gasteiger partial charge in [-0.2, -0.15) is 13.2 Å². The molecule has 2 amide bonds. The molecule has 0 aliphatic heterocycles. The zero-order chi connectivity index (χ0) is 16.8. The van der Waals surface area contributed by atoms with E-state index in [1.807, 2.05) is 0 Å². The highest BCUT2D eigenvalue weighted by molar-refractivity contribution is 6.32. The summed E-state index contributed by atoms with van der Waals surface area (Å²) in [7, 11) is 0. The fourth-order valence-electron chi connectivity index (χ4n) is 1.54. The zero-order valence-corrected chi connectivity index (χ0v) is 12.4. The molecule has 0 saturated heterocycles. The van der Waals surface area contributed by atoms with Gasteiger partial charge in [-0.25, -0.2) is 0 Å². The van der Waals surface area contributed by atoms with Crippen LogP contribution in [0.4, 0.5) is 13.2 Å². The highest BCUT2D eigenvalue weighted by Gasteiger charge is 2.27. The van der Waals surface area contributed by atoms with Gasteiger partial charge in [0.25, 0.3) is 0 Å². The summed E-state index contributed by atoms with van der Waals surface area (Å²) < 4.78 is 35.7. The Bertz CT molecular complexity index is 586. The van der Waals surface area contributed by atoms with E-state index in [1.165, 1.54) is 6.08 Å². The van der Waals surface area contributed by atoms with Crippen LogP contribution in [0.1, 0.15) is 12.5 Å². The molecule has 2 N–H and O–H groups in total. The van der Waals surface area contributed by atoms with Crippen molar-refractivity contribution >= 4 is 29.0 Å². The van der Waals surface area contributed by atoms with E-state index in [4.69, 9.17) is 11.6 Å². The van der Waals surface area contributed by atoms with Gasteiger partial charge in [0.1, 0.15) is 6.54 Å². The molecule has 8 heteroatoms. The quantitative estimate of drug-likeness (QED) is 0.813. The molecule has 0 unspecified atom stereocenters. The highest BCUT2D eigenvalue weighted by Crippen LogP contribution is 2.22. The Labute approximate surface area is 130 Å². The number of hydrogen-bond acceptors (Lipinski definition) is 2. The van der Waals surface area contributed by atoms with E-state index in [1.54, 1.807) is 36.5 Å². The minimum atomic E-state index is -4.49. The number of benzene rings is 1. The first-order valence-electron chi connectivity index (χ1n) is 6.23. The predicted molar refractivity (Wildman–Crippen MR) is 77.2 cm³/mol. The van der Waals surface area contributed by atoms with Gasteiger partial charge in [-0.1, -0.05) is 29.8 Å². The van der Waals surface area contributed by atoms with E-state index in [0.29, 0.717) is 16.2 Å². The Morgan fingerprint density at radius 3 is 2.45 bits per heavy atom. The first kappa shape index (κ1) is 18.0.